The Labute approximate surface area is 109 Å². The second kappa shape index (κ2) is 6.34. The maximum Gasteiger partial charge on any atom is 0.0340 e. The van der Waals surface area contributed by atoms with Crippen LogP contribution < -0.4 is 5.32 Å². The summed E-state index contributed by atoms with van der Waals surface area (Å²) in [6, 6.07) is 8.98. The first-order chi connectivity index (χ1) is 8.29. The van der Waals surface area contributed by atoms with Gasteiger partial charge in [0.25, 0.3) is 0 Å². The van der Waals surface area contributed by atoms with Gasteiger partial charge in [0.1, 0.15) is 0 Å². The molecule has 0 spiro atoms. The van der Waals surface area contributed by atoms with Gasteiger partial charge < -0.3 is 5.32 Å². The predicted molar refractivity (Wildman–Crippen MR) is 79.1 cm³/mol. The molecule has 17 heavy (non-hydrogen) atoms. The number of anilines is 1. The fraction of sp³-hybridized carbons (Fsp3) is 0.600. The molecule has 0 saturated carbocycles. The Morgan fingerprint density at radius 1 is 1.35 bits per heavy atom. The lowest BCUT2D eigenvalue weighted by atomic mass is 9.98. The van der Waals surface area contributed by atoms with Crippen LogP contribution in [0.4, 0.5) is 5.69 Å². The lowest BCUT2D eigenvalue weighted by Crippen LogP contribution is -2.13. The van der Waals surface area contributed by atoms with E-state index in [-0.39, 0.29) is 0 Å². The molecule has 0 aliphatic carbocycles. The molecule has 1 aliphatic heterocycles. The van der Waals surface area contributed by atoms with Crippen LogP contribution in [0.2, 0.25) is 0 Å². The summed E-state index contributed by atoms with van der Waals surface area (Å²) in [5.74, 6) is 4.22. The summed E-state index contributed by atoms with van der Waals surface area (Å²) in [6.45, 7) is 5.67. The number of benzene rings is 1. The molecule has 1 nitrogen and oxygen atoms in total. The molecule has 0 aromatic heterocycles. The first-order valence-electron chi connectivity index (χ1n) is 6.71. The van der Waals surface area contributed by atoms with Gasteiger partial charge in [-0.3, -0.25) is 0 Å². The number of hydrogen-bond acceptors (Lipinski definition) is 2. The van der Waals surface area contributed by atoms with E-state index < -0.39 is 0 Å². The van der Waals surface area contributed by atoms with E-state index in [0.717, 1.165) is 12.5 Å². The van der Waals surface area contributed by atoms with Gasteiger partial charge in [-0.25, -0.2) is 0 Å². The molecule has 1 fully saturated rings. The van der Waals surface area contributed by atoms with Gasteiger partial charge in [-0.15, -0.1) is 0 Å². The van der Waals surface area contributed by atoms with Crippen LogP contribution in [-0.2, 0) is 0 Å². The normalized spacial score (nSPS) is 21.4. The first-order valence-corrected chi connectivity index (χ1v) is 7.86. The highest BCUT2D eigenvalue weighted by Crippen LogP contribution is 2.24. The molecule has 1 saturated heterocycles. The zero-order chi connectivity index (χ0) is 12.1. The van der Waals surface area contributed by atoms with Crippen LogP contribution in [0.3, 0.4) is 0 Å². The van der Waals surface area contributed by atoms with Crippen molar-refractivity contribution in [2.24, 2.45) is 5.92 Å². The molecular formula is C15H23NS. The van der Waals surface area contributed by atoms with Crippen LogP contribution in [0.1, 0.15) is 38.2 Å². The zero-order valence-corrected chi connectivity index (χ0v) is 11.7. The van der Waals surface area contributed by atoms with E-state index in [1.807, 2.05) is 0 Å². The summed E-state index contributed by atoms with van der Waals surface area (Å²) in [4.78, 5) is 0. The van der Waals surface area contributed by atoms with Crippen LogP contribution in [0.5, 0.6) is 0 Å². The van der Waals surface area contributed by atoms with Gasteiger partial charge in [-0.05, 0) is 53.9 Å². The summed E-state index contributed by atoms with van der Waals surface area (Å²) >= 11 is 2.09. The van der Waals surface area contributed by atoms with Crippen LogP contribution in [-0.4, -0.2) is 18.1 Å². The van der Waals surface area contributed by atoms with E-state index in [1.165, 1.54) is 35.6 Å². The third kappa shape index (κ3) is 3.67. The molecule has 2 atom stereocenters. The molecule has 94 valence electrons. The van der Waals surface area contributed by atoms with Crippen molar-refractivity contribution in [2.75, 3.05) is 23.4 Å². The topological polar surface area (TPSA) is 12.0 Å². The second-order valence-electron chi connectivity index (χ2n) is 5.04. The smallest absolute Gasteiger partial charge is 0.0340 e. The maximum absolute atomic E-state index is 3.56. The van der Waals surface area contributed by atoms with Gasteiger partial charge >= 0.3 is 0 Å². The van der Waals surface area contributed by atoms with Crippen molar-refractivity contribution in [2.45, 2.75) is 32.6 Å². The molecule has 1 aromatic carbocycles. The Morgan fingerprint density at radius 2 is 2.12 bits per heavy atom. The van der Waals surface area contributed by atoms with E-state index in [0.29, 0.717) is 5.92 Å². The van der Waals surface area contributed by atoms with Crippen molar-refractivity contribution >= 4 is 17.4 Å². The minimum Gasteiger partial charge on any atom is -0.385 e. The lowest BCUT2D eigenvalue weighted by Gasteiger charge is -2.13. The van der Waals surface area contributed by atoms with Gasteiger partial charge in [-0.2, -0.15) is 11.8 Å². The average molecular weight is 249 g/mol. The number of nitrogens with one attached hydrogen (secondary N) is 1. The molecular weight excluding hydrogens is 226 g/mol. The minimum atomic E-state index is 0.676. The molecule has 0 amide bonds. The van der Waals surface area contributed by atoms with Crippen molar-refractivity contribution < 1.29 is 0 Å². The predicted octanol–water partition coefficient (Wildman–Crippen LogP) is 4.37. The van der Waals surface area contributed by atoms with Gasteiger partial charge in [0.2, 0.25) is 0 Å². The Bertz CT molecular complexity index is 327. The molecule has 2 rings (SSSR count). The van der Waals surface area contributed by atoms with E-state index in [1.54, 1.807) is 0 Å². The van der Waals surface area contributed by atoms with Crippen LogP contribution in [0.15, 0.2) is 24.3 Å². The maximum atomic E-state index is 3.56. The highest BCUT2D eigenvalue weighted by Gasteiger charge is 2.14. The van der Waals surface area contributed by atoms with Gasteiger partial charge in [0.05, 0.1) is 0 Å². The third-order valence-corrected chi connectivity index (χ3v) is 4.94. The van der Waals surface area contributed by atoms with Gasteiger partial charge in [0, 0.05) is 12.2 Å². The van der Waals surface area contributed by atoms with Crippen LogP contribution >= 0.6 is 11.8 Å². The van der Waals surface area contributed by atoms with Crippen molar-refractivity contribution in [1.82, 2.24) is 0 Å². The fourth-order valence-corrected chi connectivity index (χ4v) is 3.46. The van der Waals surface area contributed by atoms with E-state index in [2.05, 4.69) is 55.2 Å². The third-order valence-electron chi connectivity index (χ3n) is 3.71. The summed E-state index contributed by atoms with van der Waals surface area (Å²) in [6.07, 6.45) is 2.59. The Balaban J connectivity index is 1.84. The summed E-state index contributed by atoms with van der Waals surface area (Å²) < 4.78 is 0. The lowest BCUT2D eigenvalue weighted by molar-refractivity contribution is 0.632. The Morgan fingerprint density at radius 3 is 2.71 bits per heavy atom. The molecule has 2 unspecified atom stereocenters. The largest absolute Gasteiger partial charge is 0.385 e. The Hall–Kier alpha value is -0.630. The molecule has 2 heteroatoms. The molecule has 0 bridgehead atoms. The highest BCUT2D eigenvalue weighted by molar-refractivity contribution is 7.99. The zero-order valence-electron chi connectivity index (χ0n) is 10.9. The van der Waals surface area contributed by atoms with Crippen molar-refractivity contribution in [3.8, 4) is 0 Å². The number of thioether (sulfide) groups is 1. The SMILES string of the molecule is CCC(C)c1ccc(NCC2CCSC2)cc1. The van der Waals surface area contributed by atoms with Crippen molar-refractivity contribution in [3.05, 3.63) is 29.8 Å². The molecule has 1 heterocycles. The number of rotatable bonds is 5. The van der Waals surface area contributed by atoms with Gasteiger partial charge in [0.15, 0.2) is 0 Å². The number of hydrogen-bond donors (Lipinski definition) is 1. The van der Waals surface area contributed by atoms with Crippen LogP contribution in [0.25, 0.3) is 0 Å². The summed E-state index contributed by atoms with van der Waals surface area (Å²) in [5, 5.41) is 3.56. The van der Waals surface area contributed by atoms with Crippen molar-refractivity contribution in [3.63, 3.8) is 0 Å². The quantitative estimate of drug-likeness (QED) is 0.832. The van der Waals surface area contributed by atoms with Gasteiger partial charge in [-0.1, -0.05) is 26.0 Å². The van der Waals surface area contributed by atoms with E-state index in [4.69, 9.17) is 0 Å². The van der Waals surface area contributed by atoms with E-state index in [9.17, 15) is 0 Å². The van der Waals surface area contributed by atoms with E-state index >= 15 is 0 Å². The molecule has 1 aliphatic rings. The Kier molecular flexibility index (Phi) is 4.78. The fourth-order valence-electron chi connectivity index (χ4n) is 2.17. The first kappa shape index (κ1) is 12.8. The van der Waals surface area contributed by atoms with Crippen LogP contribution in [0, 0.1) is 5.92 Å². The van der Waals surface area contributed by atoms with Crippen molar-refractivity contribution in [1.29, 1.82) is 0 Å². The molecule has 1 N–H and O–H groups in total. The summed E-state index contributed by atoms with van der Waals surface area (Å²) in [5.41, 5.74) is 2.73. The standard InChI is InChI=1S/C15H23NS/c1-3-12(2)14-4-6-15(7-5-14)16-10-13-8-9-17-11-13/h4-7,12-13,16H,3,8-11H2,1-2H3. The minimum absolute atomic E-state index is 0.676. The second-order valence-corrected chi connectivity index (χ2v) is 6.19. The monoisotopic (exact) mass is 249 g/mol. The highest BCUT2D eigenvalue weighted by atomic mass is 32.2. The summed E-state index contributed by atoms with van der Waals surface area (Å²) in [7, 11) is 0. The molecule has 0 radical (unpaired) electrons. The average Bonchev–Trinajstić information content (AvgIpc) is 2.89. The molecule has 1 aromatic rings.